The lowest BCUT2D eigenvalue weighted by Gasteiger charge is -2.25. The molecule has 0 bridgehead atoms. The maximum absolute atomic E-state index is 14.2. The Morgan fingerprint density at radius 3 is 2.84 bits per heavy atom. The van der Waals surface area contributed by atoms with E-state index in [1.807, 2.05) is 0 Å². The van der Waals surface area contributed by atoms with Crippen LogP contribution in [0.3, 0.4) is 0 Å². The third-order valence-electron chi connectivity index (χ3n) is 4.21. The minimum atomic E-state index is -1.22. The van der Waals surface area contributed by atoms with Crippen molar-refractivity contribution in [3.05, 3.63) is 34.5 Å². The van der Waals surface area contributed by atoms with Crippen LogP contribution in [0.2, 0.25) is 0 Å². The second-order valence-electron chi connectivity index (χ2n) is 5.79. The van der Waals surface area contributed by atoms with Crippen LogP contribution >= 0.6 is 11.3 Å². The second-order valence-corrected chi connectivity index (χ2v) is 6.84. The topological polar surface area (TPSA) is 73.9 Å². The van der Waals surface area contributed by atoms with Gasteiger partial charge in [-0.25, -0.2) is 9.18 Å². The largest absolute Gasteiger partial charge is 0.467 e. The van der Waals surface area contributed by atoms with Gasteiger partial charge in [0, 0.05) is 35.8 Å². The molecule has 2 aromatic rings. The third-order valence-corrected chi connectivity index (χ3v) is 5.40. The number of esters is 1. The molecule has 8 heteroatoms. The van der Waals surface area contributed by atoms with Crippen LogP contribution in [0, 0.1) is 5.82 Å². The van der Waals surface area contributed by atoms with E-state index in [1.165, 1.54) is 20.3 Å². The van der Waals surface area contributed by atoms with Crippen LogP contribution < -0.4 is 5.32 Å². The number of hydrogen-bond donors (Lipinski definition) is 1. The van der Waals surface area contributed by atoms with Crippen molar-refractivity contribution in [3.8, 4) is 0 Å². The van der Waals surface area contributed by atoms with Gasteiger partial charge in [-0.1, -0.05) is 6.07 Å². The van der Waals surface area contributed by atoms with Crippen LogP contribution in [0.4, 0.5) is 4.39 Å². The Hall–Kier alpha value is -2.03. The number of carbonyl (C=O) groups is 2. The summed E-state index contributed by atoms with van der Waals surface area (Å²) in [7, 11) is 2.74. The van der Waals surface area contributed by atoms with Gasteiger partial charge in [-0.2, -0.15) is 0 Å². The Labute approximate surface area is 147 Å². The Kier molecular flexibility index (Phi) is 5.03. The number of amides is 1. The first-order chi connectivity index (χ1) is 12.0. The van der Waals surface area contributed by atoms with E-state index in [1.54, 1.807) is 12.1 Å². The number of methoxy groups -OCH3 is 2. The number of benzene rings is 1. The van der Waals surface area contributed by atoms with Crippen molar-refractivity contribution < 1.29 is 28.2 Å². The maximum atomic E-state index is 14.2. The summed E-state index contributed by atoms with van der Waals surface area (Å²) in [4.78, 5) is 25.3. The minimum absolute atomic E-state index is 0.0459. The zero-order chi connectivity index (χ0) is 18.0. The first-order valence-electron chi connectivity index (χ1n) is 7.70. The summed E-state index contributed by atoms with van der Waals surface area (Å²) in [6, 6.07) is 4.68. The number of nitrogens with one attached hydrogen (secondary N) is 1. The predicted molar refractivity (Wildman–Crippen MR) is 90.1 cm³/mol. The van der Waals surface area contributed by atoms with Crippen molar-refractivity contribution in [2.75, 3.05) is 27.4 Å². The highest BCUT2D eigenvalue weighted by Gasteiger charge is 2.45. The van der Waals surface area contributed by atoms with Gasteiger partial charge >= 0.3 is 5.97 Å². The molecule has 0 spiro atoms. The van der Waals surface area contributed by atoms with Gasteiger partial charge in [0.1, 0.15) is 5.82 Å². The molecule has 0 radical (unpaired) electrons. The molecule has 3 rings (SSSR count). The number of ether oxygens (including phenoxy) is 3. The smallest absolute Gasteiger partial charge is 0.334 e. The number of fused-ring (bicyclic) bond motifs is 1. The van der Waals surface area contributed by atoms with Crippen molar-refractivity contribution in [2.45, 2.75) is 18.6 Å². The number of thiophene rings is 1. The molecule has 1 aliphatic rings. The van der Waals surface area contributed by atoms with Crippen LogP contribution in [0.5, 0.6) is 0 Å². The summed E-state index contributed by atoms with van der Waals surface area (Å²) in [5.41, 5.74) is -0.748. The van der Waals surface area contributed by atoms with E-state index in [4.69, 9.17) is 14.2 Å². The lowest BCUT2D eigenvalue weighted by Crippen LogP contribution is -2.55. The number of carbonyl (C=O) groups excluding carboxylic acids is 2. The van der Waals surface area contributed by atoms with Crippen molar-refractivity contribution >= 4 is 33.3 Å². The standard InChI is InChI=1S/C17H18FNO5S/c1-22-8-10-13-11(18)4-3-5-12(13)25-14(10)15(20)19-17(16(21)23-2)6-7-24-9-17/h3-5H,6-9H2,1-2H3,(H,19,20). The van der Waals surface area contributed by atoms with Crippen molar-refractivity contribution in [1.82, 2.24) is 5.32 Å². The first-order valence-corrected chi connectivity index (χ1v) is 8.51. The summed E-state index contributed by atoms with van der Waals surface area (Å²) in [5, 5.41) is 3.10. The molecular weight excluding hydrogens is 349 g/mol. The van der Waals surface area contributed by atoms with Gasteiger partial charge in [0.15, 0.2) is 5.54 Å². The molecule has 0 saturated carbocycles. The predicted octanol–water partition coefficient (Wildman–Crippen LogP) is 2.25. The fourth-order valence-electron chi connectivity index (χ4n) is 2.98. The molecule has 1 aliphatic heterocycles. The zero-order valence-electron chi connectivity index (χ0n) is 13.9. The van der Waals surface area contributed by atoms with Gasteiger partial charge in [0.05, 0.1) is 25.2 Å². The average Bonchev–Trinajstić information content (AvgIpc) is 3.21. The SMILES string of the molecule is COCc1c(C(=O)NC2(C(=O)OC)CCOC2)sc2cccc(F)c12. The number of halogens is 1. The molecular formula is C17H18FNO5S. The van der Waals surface area contributed by atoms with Crippen molar-refractivity contribution in [2.24, 2.45) is 0 Å². The molecule has 6 nitrogen and oxygen atoms in total. The van der Waals surface area contributed by atoms with Crippen LogP contribution in [0.1, 0.15) is 21.7 Å². The molecule has 1 N–H and O–H groups in total. The molecule has 0 aliphatic carbocycles. The van der Waals surface area contributed by atoms with Crippen molar-refractivity contribution in [1.29, 1.82) is 0 Å². The lowest BCUT2D eigenvalue weighted by molar-refractivity contribution is -0.148. The van der Waals surface area contributed by atoms with Gasteiger partial charge in [0.2, 0.25) is 0 Å². The molecule has 25 heavy (non-hydrogen) atoms. The van der Waals surface area contributed by atoms with E-state index >= 15 is 0 Å². The average molecular weight is 367 g/mol. The third kappa shape index (κ3) is 3.12. The Morgan fingerprint density at radius 1 is 1.40 bits per heavy atom. The molecule has 1 atom stereocenters. The van der Waals surface area contributed by atoms with E-state index in [0.717, 1.165) is 11.3 Å². The van der Waals surface area contributed by atoms with Crippen LogP contribution in [-0.2, 0) is 25.6 Å². The van der Waals surface area contributed by atoms with E-state index in [-0.39, 0.29) is 13.2 Å². The summed E-state index contributed by atoms with van der Waals surface area (Å²) < 4.78 is 30.1. The summed E-state index contributed by atoms with van der Waals surface area (Å²) in [6.07, 6.45) is 0.324. The normalized spacial score (nSPS) is 20.0. The highest BCUT2D eigenvalue weighted by Crippen LogP contribution is 2.34. The summed E-state index contributed by atoms with van der Waals surface area (Å²) in [5.74, 6) is -1.44. The van der Waals surface area contributed by atoms with Crippen molar-refractivity contribution in [3.63, 3.8) is 0 Å². The Morgan fingerprint density at radius 2 is 2.20 bits per heavy atom. The van der Waals surface area contributed by atoms with E-state index in [9.17, 15) is 14.0 Å². The molecule has 1 saturated heterocycles. The van der Waals surface area contributed by atoms with Gasteiger partial charge in [-0.05, 0) is 12.1 Å². The number of hydrogen-bond acceptors (Lipinski definition) is 6. The second kappa shape index (κ2) is 7.07. The maximum Gasteiger partial charge on any atom is 0.334 e. The van der Waals surface area contributed by atoms with Crippen LogP contribution in [0.25, 0.3) is 10.1 Å². The Bertz CT molecular complexity index is 813. The number of rotatable bonds is 5. The van der Waals surface area contributed by atoms with Gasteiger partial charge in [-0.3, -0.25) is 4.79 Å². The fourth-order valence-corrected chi connectivity index (χ4v) is 4.10. The van der Waals surface area contributed by atoms with Gasteiger partial charge < -0.3 is 19.5 Å². The molecule has 2 heterocycles. The highest BCUT2D eigenvalue weighted by atomic mass is 32.1. The van der Waals surface area contributed by atoms with Crippen LogP contribution in [0.15, 0.2) is 18.2 Å². The summed E-state index contributed by atoms with van der Waals surface area (Å²) >= 11 is 1.16. The highest BCUT2D eigenvalue weighted by molar-refractivity contribution is 7.21. The molecule has 1 fully saturated rings. The fraction of sp³-hybridized carbons (Fsp3) is 0.412. The molecule has 1 aromatic heterocycles. The van der Waals surface area contributed by atoms with Gasteiger partial charge in [0.25, 0.3) is 5.91 Å². The Balaban J connectivity index is 2.00. The van der Waals surface area contributed by atoms with E-state index in [0.29, 0.717) is 33.6 Å². The lowest BCUT2D eigenvalue weighted by atomic mass is 9.98. The summed E-state index contributed by atoms with van der Waals surface area (Å²) in [6.45, 7) is 0.483. The van der Waals surface area contributed by atoms with Gasteiger partial charge in [-0.15, -0.1) is 11.3 Å². The van der Waals surface area contributed by atoms with E-state index < -0.39 is 23.2 Å². The van der Waals surface area contributed by atoms with E-state index in [2.05, 4.69) is 5.32 Å². The first kappa shape index (κ1) is 17.8. The minimum Gasteiger partial charge on any atom is -0.467 e. The molecule has 1 aromatic carbocycles. The molecule has 1 amide bonds. The molecule has 1 unspecified atom stereocenters. The monoisotopic (exact) mass is 367 g/mol. The van der Waals surface area contributed by atoms with Crippen LogP contribution in [-0.4, -0.2) is 44.8 Å². The molecule has 134 valence electrons. The zero-order valence-corrected chi connectivity index (χ0v) is 14.7. The quantitative estimate of drug-likeness (QED) is 0.821.